The van der Waals surface area contributed by atoms with Gasteiger partial charge in [0.15, 0.2) is 0 Å². The molecule has 0 bridgehead atoms. The molecule has 0 unspecified atom stereocenters. The Morgan fingerprint density at radius 2 is 1.77 bits per heavy atom. The monoisotopic (exact) mass is 411 g/mol. The number of rotatable bonds is 2. The van der Waals surface area contributed by atoms with Crippen molar-refractivity contribution in [2.75, 3.05) is 18.0 Å². The molecule has 1 saturated carbocycles. The molecule has 0 N–H and O–H groups in total. The average Bonchev–Trinajstić information content (AvgIpc) is 2.79. The lowest BCUT2D eigenvalue weighted by Crippen LogP contribution is -2.37. The van der Waals surface area contributed by atoms with E-state index in [1.807, 2.05) is 12.2 Å². The third kappa shape index (κ3) is 3.88. The zero-order valence-electron chi connectivity index (χ0n) is 18.1. The van der Waals surface area contributed by atoms with Gasteiger partial charge in [0.1, 0.15) is 11.4 Å². The highest BCUT2D eigenvalue weighted by Crippen LogP contribution is 2.43. The number of benzene rings is 1. The molecule has 0 aromatic heterocycles. The fourth-order valence-corrected chi connectivity index (χ4v) is 5.87. The van der Waals surface area contributed by atoms with Gasteiger partial charge in [-0.05, 0) is 97.9 Å². The van der Waals surface area contributed by atoms with Crippen molar-refractivity contribution in [3.63, 3.8) is 0 Å². The lowest BCUT2D eigenvalue weighted by Gasteiger charge is -2.41. The molecule has 1 aromatic rings. The minimum absolute atomic E-state index is 0.206. The summed E-state index contributed by atoms with van der Waals surface area (Å²) in [6.45, 7) is 9.79. The van der Waals surface area contributed by atoms with E-state index < -0.39 is 0 Å². The summed E-state index contributed by atoms with van der Waals surface area (Å²) in [5.41, 5.74) is 6.46. The molecule has 0 amide bonds. The maximum atomic E-state index is 9.44. The highest BCUT2D eigenvalue weighted by atomic mass is 16.5. The topological polar surface area (TPSA) is 40.6 Å². The first-order valence-electron chi connectivity index (χ1n) is 11.7. The number of aryl methyl sites for hydroxylation is 2. The maximum Gasteiger partial charge on any atom is 0.265 e. The smallest absolute Gasteiger partial charge is 0.265 e. The molecule has 4 nitrogen and oxygen atoms in total. The zero-order chi connectivity index (χ0) is 21.3. The zero-order valence-corrected chi connectivity index (χ0v) is 18.1. The van der Waals surface area contributed by atoms with Gasteiger partial charge in [-0.1, -0.05) is 12.5 Å². The Balaban J connectivity index is 1.48. The van der Waals surface area contributed by atoms with E-state index in [-0.39, 0.29) is 11.3 Å². The van der Waals surface area contributed by atoms with E-state index in [9.17, 15) is 5.26 Å². The molecule has 1 spiro atoms. The summed E-state index contributed by atoms with van der Waals surface area (Å²) >= 11 is 0. The lowest BCUT2D eigenvalue weighted by atomic mass is 9.78. The fraction of sp³-hybridized carbons (Fsp3) is 0.481. The number of allylic oxidation sites excluding steroid dienone is 3. The molecule has 0 saturated heterocycles. The molecule has 1 aromatic carbocycles. The highest BCUT2D eigenvalue weighted by molar-refractivity contribution is 5.68. The summed E-state index contributed by atoms with van der Waals surface area (Å²) < 4.78 is 6.52. The van der Waals surface area contributed by atoms with Gasteiger partial charge >= 0.3 is 0 Å². The Hall–Kier alpha value is -2.98. The maximum absolute atomic E-state index is 9.44. The average molecular weight is 412 g/mol. The Bertz CT molecular complexity index is 1010. The van der Waals surface area contributed by atoms with Gasteiger partial charge in [-0.2, -0.15) is 0 Å². The van der Waals surface area contributed by atoms with E-state index in [0.717, 1.165) is 49.9 Å². The van der Waals surface area contributed by atoms with E-state index in [2.05, 4.69) is 34.0 Å². The van der Waals surface area contributed by atoms with Gasteiger partial charge in [0, 0.05) is 25.2 Å². The lowest BCUT2D eigenvalue weighted by molar-refractivity contribution is -0.0285. The van der Waals surface area contributed by atoms with Crippen molar-refractivity contribution >= 4 is 11.8 Å². The van der Waals surface area contributed by atoms with Crippen molar-refractivity contribution in [3.05, 3.63) is 69.4 Å². The van der Waals surface area contributed by atoms with Gasteiger partial charge in [-0.15, -0.1) is 0 Å². The van der Waals surface area contributed by atoms with Crippen molar-refractivity contribution in [2.24, 2.45) is 0 Å². The Morgan fingerprint density at radius 1 is 1.06 bits per heavy atom. The summed E-state index contributed by atoms with van der Waals surface area (Å²) in [7, 11) is 0. The van der Waals surface area contributed by atoms with E-state index in [1.165, 1.54) is 54.7 Å². The first-order chi connectivity index (χ1) is 15.2. The van der Waals surface area contributed by atoms with Crippen LogP contribution in [0.25, 0.3) is 10.9 Å². The van der Waals surface area contributed by atoms with Crippen LogP contribution in [-0.4, -0.2) is 18.7 Å². The molecule has 5 rings (SSSR count). The summed E-state index contributed by atoms with van der Waals surface area (Å²) in [5.74, 6) is 0.785. The van der Waals surface area contributed by atoms with E-state index in [4.69, 9.17) is 11.3 Å². The minimum Gasteiger partial charge on any atom is -0.487 e. The van der Waals surface area contributed by atoms with Crippen LogP contribution >= 0.6 is 0 Å². The third-order valence-corrected chi connectivity index (χ3v) is 7.24. The number of hydrogen-bond acceptors (Lipinski definition) is 3. The predicted octanol–water partition coefficient (Wildman–Crippen LogP) is 6.10. The van der Waals surface area contributed by atoms with E-state index in [1.54, 1.807) is 0 Å². The quantitative estimate of drug-likeness (QED) is 0.436. The van der Waals surface area contributed by atoms with Crippen molar-refractivity contribution in [1.29, 1.82) is 5.26 Å². The van der Waals surface area contributed by atoms with Crippen LogP contribution in [0.4, 0.5) is 5.69 Å². The molecule has 1 aliphatic carbocycles. The molecule has 4 heteroatoms. The SMILES string of the molecule is [C-]#[N+]C(C#N)=C1C=C(C=Cc2cc3c4c(c2)CCCN4CCC3)OC2(CCCCC2)C1. The number of anilines is 1. The first kappa shape index (κ1) is 20.0. The predicted molar refractivity (Wildman–Crippen MR) is 123 cm³/mol. The van der Waals surface area contributed by atoms with Gasteiger partial charge in [-0.3, -0.25) is 0 Å². The van der Waals surface area contributed by atoms with Crippen LogP contribution in [0, 0.1) is 17.9 Å². The van der Waals surface area contributed by atoms with Crippen molar-refractivity contribution in [2.45, 2.75) is 69.8 Å². The number of hydrogen-bond donors (Lipinski definition) is 0. The van der Waals surface area contributed by atoms with Crippen LogP contribution in [0.2, 0.25) is 0 Å². The number of nitriles is 1. The summed E-state index contributed by atoms with van der Waals surface area (Å²) in [4.78, 5) is 6.05. The highest BCUT2D eigenvalue weighted by Gasteiger charge is 2.38. The third-order valence-electron chi connectivity index (χ3n) is 7.24. The second-order valence-corrected chi connectivity index (χ2v) is 9.38. The Morgan fingerprint density at radius 3 is 2.42 bits per heavy atom. The van der Waals surface area contributed by atoms with E-state index in [0.29, 0.717) is 6.42 Å². The molecule has 0 atom stereocenters. The van der Waals surface area contributed by atoms with Crippen molar-refractivity contribution in [3.8, 4) is 6.07 Å². The molecule has 1 fully saturated rings. The van der Waals surface area contributed by atoms with Crippen LogP contribution in [0.15, 0.2) is 41.3 Å². The van der Waals surface area contributed by atoms with Crippen LogP contribution in [0.5, 0.6) is 0 Å². The van der Waals surface area contributed by atoms with Crippen LogP contribution in [0.3, 0.4) is 0 Å². The fourth-order valence-electron chi connectivity index (χ4n) is 5.87. The second-order valence-electron chi connectivity index (χ2n) is 9.38. The van der Waals surface area contributed by atoms with Crippen LogP contribution < -0.4 is 4.90 Å². The minimum atomic E-state index is -0.253. The van der Waals surface area contributed by atoms with Crippen LogP contribution in [-0.2, 0) is 17.6 Å². The summed E-state index contributed by atoms with van der Waals surface area (Å²) in [5, 5.41) is 9.44. The molecule has 3 aliphatic heterocycles. The Labute approximate surface area is 185 Å². The normalized spacial score (nSPS) is 23.4. The molecule has 158 valence electrons. The molecule has 4 aliphatic rings. The van der Waals surface area contributed by atoms with Crippen molar-refractivity contribution in [1.82, 2.24) is 0 Å². The standard InChI is InChI=1S/C27H29N3O/c1-29-25(19-28)23-17-24(31-27(18-23)11-3-2-4-12-27)10-9-20-15-21-7-5-13-30-14-6-8-22(16-20)26(21)30/h9-10,15-17H,2-8,11-14,18H2. The second kappa shape index (κ2) is 8.27. The van der Waals surface area contributed by atoms with Crippen LogP contribution in [0.1, 0.15) is 68.1 Å². The van der Waals surface area contributed by atoms with Gasteiger partial charge in [0.25, 0.3) is 5.70 Å². The Kier molecular flexibility index (Phi) is 5.33. The van der Waals surface area contributed by atoms with Crippen molar-refractivity contribution < 1.29 is 4.74 Å². The van der Waals surface area contributed by atoms with Gasteiger partial charge < -0.3 is 9.64 Å². The molecule has 3 heterocycles. The number of ether oxygens (including phenoxy) is 1. The van der Waals surface area contributed by atoms with Gasteiger partial charge in [0.05, 0.1) is 12.6 Å². The first-order valence-corrected chi connectivity index (χ1v) is 11.7. The summed E-state index contributed by atoms with van der Waals surface area (Å²) in [6, 6.07) is 6.77. The molecular weight excluding hydrogens is 382 g/mol. The van der Waals surface area contributed by atoms with Gasteiger partial charge in [0.2, 0.25) is 0 Å². The number of nitrogens with zero attached hydrogens (tertiary/aromatic N) is 3. The largest absolute Gasteiger partial charge is 0.487 e. The van der Waals surface area contributed by atoms with Gasteiger partial charge in [-0.25, -0.2) is 10.1 Å². The molecule has 31 heavy (non-hydrogen) atoms. The summed E-state index contributed by atoms with van der Waals surface area (Å²) in [6.07, 6.45) is 17.1. The molecular formula is C27H29N3O. The molecule has 0 radical (unpaired) electrons. The van der Waals surface area contributed by atoms with E-state index >= 15 is 0 Å².